The number of pyridine rings is 1. The Morgan fingerprint density at radius 3 is 2.26 bits per heavy atom. The Hall–Kier alpha value is -4.41. The smallest absolute Gasteiger partial charge is 0.389 e. The highest BCUT2D eigenvalue weighted by Gasteiger charge is 2.31. The van der Waals surface area contributed by atoms with Gasteiger partial charge in [-0.15, -0.1) is 0 Å². The molecule has 1 aliphatic heterocycles. The van der Waals surface area contributed by atoms with Crippen LogP contribution in [0.25, 0.3) is 22.4 Å². The quantitative estimate of drug-likeness (QED) is 0.611. The number of amides is 1. The first kappa shape index (κ1) is 22.8. The summed E-state index contributed by atoms with van der Waals surface area (Å²) in [5, 5.41) is 29.0. The summed E-state index contributed by atoms with van der Waals surface area (Å²) in [6, 6.07) is 14.2. The van der Waals surface area contributed by atoms with Gasteiger partial charge in [0.25, 0.3) is 5.91 Å². The van der Waals surface area contributed by atoms with Crippen molar-refractivity contribution in [3.05, 3.63) is 70.8 Å². The molecule has 2 aromatic carbocycles. The van der Waals surface area contributed by atoms with Crippen LogP contribution in [0.15, 0.2) is 48.5 Å². The van der Waals surface area contributed by atoms with Crippen LogP contribution >= 0.6 is 0 Å². The molecule has 3 N–H and O–H groups in total. The summed E-state index contributed by atoms with van der Waals surface area (Å²) in [7, 11) is 0. The lowest BCUT2D eigenvalue weighted by molar-refractivity contribution is -0.137. The number of anilines is 1. The fourth-order valence-corrected chi connectivity index (χ4v) is 3.75. The van der Waals surface area contributed by atoms with Crippen molar-refractivity contribution < 1.29 is 23.1 Å². The first-order valence-corrected chi connectivity index (χ1v) is 10.0. The first-order chi connectivity index (χ1) is 16.1. The van der Waals surface area contributed by atoms with Crippen molar-refractivity contribution in [1.82, 2.24) is 9.88 Å². The van der Waals surface area contributed by atoms with E-state index in [1.54, 1.807) is 18.2 Å². The monoisotopic (exact) mass is 463 g/mol. The summed E-state index contributed by atoms with van der Waals surface area (Å²) in [6.45, 7) is 0.430. The molecule has 1 aliphatic rings. The Kier molecular flexibility index (Phi) is 5.70. The SMILES string of the molecule is N#Cc1c(N)nc(-c2cccc(C(=O)N3CC(O)C3)c2)c(C#N)c1-c1ccc(C(F)(F)F)cc1. The Labute approximate surface area is 192 Å². The molecule has 3 aromatic rings. The zero-order valence-corrected chi connectivity index (χ0v) is 17.5. The molecule has 0 bridgehead atoms. The maximum Gasteiger partial charge on any atom is 0.416 e. The number of aromatic nitrogens is 1. The van der Waals surface area contributed by atoms with Crippen LogP contribution in [0.2, 0.25) is 0 Å². The molecule has 0 atom stereocenters. The average molecular weight is 463 g/mol. The van der Waals surface area contributed by atoms with Crippen LogP contribution in [-0.4, -0.2) is 40.1 Å². The third kappa shape index (κ3) is 4.03. The first-order valence-electron chi connectivity index (χ1n) is 10.0. The normalized spacial score (nSPS) is 13.6. The van der Waals surface area contributed by atoms with Gasteiger partial charge in [-0.3, -0.25) is 4.79 Å². The van der Waals surface area contributed by atoms with Crippen LogP contribution in [0, 0.1) is 22.7 Å². The van der Waals surface area contributed by atoms with E-state index >= 15 is 0 Å². The highest BCUT2D eigenvalue weighted by molar-refractivity contribution is 5.96. The molecule has 1 amide bonds. The minimum Gasteiger partial charge on any atom is -0.389 e. The molecule has 0 saturated carbocycles. The molecule has 10 heteroatoms. The van der Waals surface area contributed by atoms with Crippen molar-refractivity contribution >= 4 is 11.7 Å². The number of rotatable bonds is 3. The van der Waals surface area contributed by atoms with E-state index < -0.39 is 17.8 Å². The molecule has 2 heterocycles. The van der Waals surface area contributed by atoms with Gasteiger partial charge in [0.05, 0.1) is 22.9 Å². The van der Waals surface area contributed by atoms with Gasteiger partial charge in [-0.1, -0.05) is 24.3 Å². The molecule has 34 heavy (non-hydrogen) atoms. The molecule has 0 aliphatic carbocycles. The molecule has 0 radical (unpaired) electrons. The van der Waals surface area contributed by atoms with E-state index in [1.165, 1.54) is 11.0 Å². The largest absolute Gasteiger partial charge is 0.416 e. The van der Waals surface area contributed by atoms with Gasteiger partial charge in [-0.2, -0.15) is 23.7 Å². The van der Waals surface area contributed by atoms with Crippen molar-refractivity contribution in [2.45, 2.75) is 12.3 Å². The van der Waals surface area contributed by atoms with Gasteiger partial charge in [0, 0.05) is 29.8 Å². The molecular formula is C24H16F3N5O2. The predicted octanol–water partition coefficient (Wildman–Crippen LogP) is 3.58. The van der Waals surface area contributed by atoms with Crippen molar-refractivity contribution in [1.29, 1.82) is 10.5 Å². The molecule has 7 nitrogen and oxygen atoms in total. The number of carbonyl (C=O) groups excluding carboxylic acids is 1. The second kappa shape index (κ2) is 8.50. The minimum atomic E-state index is -4.55. The number of benzene rings is 2. The van der Waals surface area contributed by atoms with Crippen molar-refractivity contribution in [3.8, 4) is 34.5 Å². The highest BCUT2D eigenvalue weighted by Crippen LogP contribution is 2.38. The Balaban J connectivity index is 1.86. The summed E-state index contributed by atoms with van der Waals surface area (Å²) in [5.74, 6) is -0.510. The van der Waals surface area contributed by atoms with Gasteiger partial charge < -0.3 is 15.7 Å². The lowest BCUT2D eigenvalue weighted by atomic mass is 9.91. The number of aliphatic hydroxyl groups is 1. The lowest BCUT2D eigenvalue weighted by Gasteiger charge is -2.35. The van der Waals surface area contributed by atoms with E-state index in [2.05, 4.69) is 4.98 Å². The number of nitrogens with two attached hydrogens (primary N) is 1. The molecule has 170 valence electrons. The molecule has 0 spiro atoms. The van der Waals surface area contributed by atoms with Crippen molar-refractivity contribution in [3.63, 3.8) is 0 Å². The molecule has 0 unspecified atom stereocenters. The maximum absolute atomic E-state index is 13.0. The zero-order chi connectivity index (χ0) is 24.6. The van der Waals surface area contributed by atoms with Crippen molar-refractivity contribution in [2.75, 3.05) is 18.8 Å². The molecule has 1 fully saturated rings. The summed E-state index contributed by atoms with van der Waals surface area (Å²) >= 11 is 0. The van der Waals surface area contributed by atoms with Gasteiger partial charge in [-0.25, -0.2) is 4.98 Å². The van der Waals surface area contributed by atoms with E-state index in [4.69, 9.17) is 5.73 Å². The fourth-order valence-electron chi connectivity index (χ4n) is 3.75. The number of aliphatic hydroxyl groups excluding tert-OH is 1. The van der Waals surface area contributed by atoms with Crippen LogP contribution in [0.3, 0.4) is 0 Å². The zero-order valence-electron chi connectivity index (χ0n) is 17.5. The van der Waals surface area contributed by atoms with Crippen molar-refractivity contribution in [2.24, 2.45) is 0 Å². The number of hydrogen-bond acceptors (Lipinski definition) is 6. The second-order valence-electron chi connectivity index (χ2n) is 7.71. The lowest BCUT2D eigenvalue weighted by Crippen LogP contribution is -2.53. The number of nitrogens with zero attached hydrogens (tertiary/aromatic N) is 4. The number of β-amino-alcohol motifs (C(OH)–C–C–N with tert-alkyl or cyclic N) is 1. The second-order valence-corrected chi connectivity index (χ2v) is 7.71. The Morgan fingerprint density at radius 2 is 1.71 bits per heavy atom. The molecule has 1 aromatic heterocycles. The molecular weight excluding hydrogens is 447 g/mol. The fraction of sp³-hybridized carbons (Fsp3) is 0.167. The van der Waals surface area contributed by atoms with Crippen LogP contribution in [0.5, 0.6) is 0 Å². The van der Waals surface area contributed by atoms with Gasteiger partial charge >= 0.3 is 6.18 Å². The number of nitriles is 2. The van der Waals surface area contributed by atoms with Gasteiger partial charge in [0.15, 0.2) is 0 Å². The number of carbonyl (C=O) groups is 1. The van der Waals surface area contributed by atoms with Crippen LogP contribution < -0.4 is 5.73 Å². The van der Waals surface area contributed by atoms with Crippen LogP contribution in [0.1, 0.15) is 27.0 Å². The minimum absolute atomic E-state index is 0.0591. The van der Waals surface area contributed by atoms with E-state index in [1.807, 2.05) is 12.1 Å². The number of hydrogen-bond donors (Lipinski definition) is 2. The third-order valence-corrected chi connectivity index (χ3v) is 5.48. The highest BCUT2D eigenvalue weighted by atomic mass is 19.4. The summed E-state index contributed by atoms with van der Waals surface area (Å²) < 4.78 is 39.0. The number of halogens is 3. The van der Waals surface area contributed by atoms with E-state index in [0.29, 0.717) is 11.1 Å². The maximum atomic E-state index is 13.0. The van der Waals surface area contributed by atoms with E-state index in [0.717, 1.165) is 24.3 Å². The summed E-state index contributed by atoms with van der Waals surface area (Å²) in [6.07, 6.45) is -5.11. The van der Waals surface area contributed by atoms with E-state index in [-0.39, 0.29) is 52.8 Å². The van der Waals surface area contributed by atoms with Gasteiger partial charge in [-0.05, 0) is 29.8 Å². The molecule has 4 rings (SSSR count). The third-order valence-electron chi connectivity index (χ3n) is 5.48. The van der Waals surface area contributed by atoms with Crippen LogP contribution in [0.4, 0.5) is 19.0 Å². The standard InChI is InChI=1S/C24H16F3N5O2/c25-24(26,27)16-6-4-13(5-7-16)20-18(9-28)21(31-22(30)19(20)10-29)14-2-1-3-15(8-14)23(34)32-11-17(33)12-32/h1-8,17,33H,11-12H2,(H2,30,31). The van der Waals surface area contributed by atoms with Gasteiger partial charge in [0.2, 0.25) is 0 Å². The van der Waals surface area contributed by atoms with Gasteiger partial charge in [0.1, 0.15) is 23.5 Å². The number of alkyl halides is 3. The van der Waals surface area contributed by atoms with E-state index in [9.17, 15) is 33.6 Å². The Morgan fingerprint density at radius 1 is 1.06 bits per heavy atom. The Bertz CT molecular complexity index is 1370. The van der Waals surface area contributed by atoms with Crippen LogP contribution in [-0.2, 0) is 6.18 Å². The average Bonchev–Trinajstić information content (AvgIpc) is 2.80. The number of likely N-dealkylation sites (tertiary alicyclic amines) is 1. The molecule has 1 saturated heterocycles. The summed E-state index contributed by atoms with van der Waals surface area (Å²) in [5.41, 5.74) is 5.93. The number of nitrogen functional groups attached to an aromatic ring is 1. The summed E-state index contributed by atoms with van der Waals surface area (Å²) in [4.78, 5) is 18.3. The topological polar surface area (TPSA) is 127 Å². The predicted molar refractivity (Wildman–Crippen MR) is 116 cm³/mol.